The predicted octanol–water partition coefficient (Wildman–Crippen LogP) is 4.53. The van der Waals surface area contributed by atoms with Gasteiger partial charge in [0.25, 0.3) is 0 Å². The SMILES string of the molecule is Fc1cccc(NCc2cccn2-c2nnc(N3CCN(C4CCCCC4)CC3)s2)c1. The fraction of sp³-hybridized carbons (Fsp3) is 0.478. The van der Waals surface area contributed by atoms with Crippen molar-refractivity contribution in [3.05, 3.63) is 54.1 Å². The second-order valence-electron chi connectivity index (χ2n) is 8.42. The van der Waals surface area contributed by atoms with E-state index in [0.717, 1.165) is 53.9 Å². The van der Waals surface area contributed by atoms with Gasteiger partial charge in [0.15, 0.2) is 0 Å². The summed E-state index contributed by atoms with van der Waals surface area (Å²) in [5, 5.41) is 14.1. The van der Waals surface area contributed by atoms with Crippen LogP contribution >= 0.6 is 11.3 Å². The van der Waals surface area contributed by atoms with Gasteiger partial charge in [-0.1, -0.05) is 36.7 Å². The van der Waals surface area contributed by atoms with Crippen LogP contribution in [-0.4, -0.2) is 51.9 Å². The lowest BCUT2D eigenvalue weighted by atomic mass is 9.94. The molecule has 1 aromatic carbocycles. The minimum Gasteiger partial charge on any atom is -0.379 e. The Balaban J connectivity index is 1.21. The van der Waals surface area contributed by atoms with Crippen molar-refractivity contribution in [1.82, 2.24) is 19.7 Å². The number of hydrogen-bond acceptors (Lipinski definition) is 6. The lowest BCUT2D eigenvalue weighted by molar-refractivity contribution is 0.148. The first-order valence-electron chi connectivity index (χ1n) is 11.2. The zero-order chi connectivity index (χ0) is 21.0. The van der Waals surface area contributed by atoms with Gasteiger partial charge in [0, 0.05) is 49.8 Å². The van der Waals surface area contributed by atoms with E-state index in [9.17, 15) is 4.39 Å². The third kappa shape index (κ3) is 4.75. The van der Waals surface area contributed by atoms with Gasteiger partial charge in [-0.2, -0.15) is 0 Å². The summed E-state index contributed by atoms with van der Waals surface area (Å²) in [7, 11) is 0. The summed E-state index contributed by atoms with van der Waals surface area (Å²) in [6, 6.07) is 11.4. The van der Waals surface area contributed by atoms with Crippen molar-refractivity contribution in [2.45, 2.75) is 44.7 Å². The fourth-order valence-electron chi connectivity index (χ4n) is 4.70. The van der Waals surface area contributed by atoms with Crippen LogP contribution in [0.1, 0.15) is 37.8 Å². The third-order valence-electron chi connectivity index (χ3n) is 6.42. The Morgan fingerprint density at radius 2 is 1.77 bits per heavy atom. The molecule has 2 aromatic heterocycles. The number of anilines is 2. The molecule has 3 heterocycles. The molecule has 164 valence electrons. The number of nitrogens with zero attached hydrogens (tertiary/aromatic N) is 5. The molecule has 1 aliphatic carbocycles. The van der Waals surface area contributed by atoms with E-state index in [0.29, 0.717) is 6.54 Å². The Bertz CT molecular complexity index is 987. The van der Waals surface area contributed by atoms with Crippen molar-refractivity contribution in [2.75, 3.05) is 36.4 Å². The van der Waals surface area contributed by atoms with Crippen LogP contribution in [0.3, 0.4) is 0 Å². The quantitative estimate of drug-likeness (QED) is 0.610. The zero-order valence-corrected chi connectivity index (χ0v) is 18.5. The van der Waals surface area contributed by atoms with Crippen LogP contribution in [0.4, 0.5) is 15.2 Å². The second kappa shape index (κ2) is 9.36. The molecule has 3 aromatic rings. The molecule has 8 heteroatoms. The molecule has 0 spiro atoms. The highest BCUT2D eigenvalue weighted by molar-refractivity contribution is 7.17. The summed E-state index contributed by atoms with van der Waals surface area (Å²) in [6.45, 7) is 4.86. The number of aromatic nitrogens is 3. The Labute approximate surface area is 186 Å². The Hall–Kier alpha value is -2.45. The van der Waals surface area contributed by atoms with E-state index in [4.69, 9.17) is 0 Å². The number of halogens is 1. The molecule has 1 aliphatic heterocycles. The zero-order valence-electron chi connectivity index (χ0n) is 17.7. The first-order valence-corrected chi connectivity index (χ1v) is 12.1. The van der Waals surface area contributed by atoms with Crippen molar-refractivity contribution in [2.24, 2.45) is 0 Å². The standard InChI is InChI=1S/C23H29FN6S/c24-18-6-4-7-19(16-18)25-17-21-10-5-11-30(21)23-27-26-22(31-23)29-14-12-28(13-15-29)20-8-2-1-3-9-20/h4-7,10-11,16,20,25H,1-3,8-9,12-15,17H2. The average molecular weight is 441 g/mol. The van der Waals surface area contributed by atoms with E-state index in [1.165, 1.54) is 44.2 Å². The molecular weight excluding hydrogens is 411 g/mol. The van der Waals surface area contributed by atoms with Gasteiger partial charge in [-0.3, -0.25) is 9.47 Å². The van der Waals surface area contributed by atoms with Gasteiger partial charge >= 0.3 is 0 Å². The number of piperazine rings is 1. The molecule has 1 N–H and O–H groups in total. The maximum absolute atomic E-state index is 13.4. The summed E-state index contributed by atoms with van der Waals surface area (Å²) >= 11 is 1.63. The van der Waals surface area contributed by atoms with Crippen molar-refractivity contribution in [3.8, 4) is 5.13 Å². The molecule has 2 fully saturated rings. The van der Waals surface area contributed by atoms with Crippen molar-refractivity contribution in [3.63, 3.8) is 0 Å². The van der Waals surface area contributed by atoms with Gasteiger partial charge < -0.3 is 10.2 Å². The molecule has 1 saturated heterocycles. The van der Waals surface area contributed by atoms with Gasteiger partial charge in [0.1, 0.15) is 5.82 Å². The van der Waals surface area contributed by atoms with Gasteiger partial charge in [0.2, 0.25) is 10.3 Å². The maximum atomic E-state index is 13.4. The lowest BCUT2D eigenvalue weighted by Crippen LogP contribution is -2.50. The van der Waals surface area contributed by atoms with Gasteiger partial charge in [-0.15, -0.1) is 10.2 Å². The maximum Gasteiger partial charge on any atom is 0.218 e. The van der Waals surface area contributed by atoms with E-state index in [2.05, 4.69) is 35.9 Å². The highest BCUT2D eigenvalue weighted by atomic mass is 32.1. The molecule has 2 aliphatic rings. The normalized spacial score (nSPS) is 18.4. The summed E-state index contributed by atoms with van der Waals surface area (Å²) in [4.78, 5) is 5.05. The number of nitrogens with one attached hydrogen (secondary N) is 1. The van der Waals surface area contributed by atoms with Crippen LogP contribution in [0.25, 0.3) is 5.13 Å². The Kier molecular flexibility index (Phi) is 6.18. The first-order chi connectivity index (χ1) is 15.3. The van der Waals surface area contributed by atoms with Crippen molar-refractivity contribution < 1.29 is 4.39 Å². The largest absolute Gasteiger partial charge is 0.379 e. The molecule has 6 nitrogen and oxygen atoms in total. The summed E-state index contributed by atoms with van der Waals surface area (Å²) < 4.78 is 15.5. The third-order valence-corrected chi connectivity index (χ3v) is 7.40. The van der Waals surface area contributed by atoms with E-state index in [1.54, 1.807) is 17.4 Å². The monoisotopic (exact) mass is 440 g/mol. The molecule has 0 unspecified atom stereocenters. The van der Waals surface area contributed by atoms with Crippen LogP contribution in [-0.2, 0) is 6.54 Å². The van der Waals surface area contributed by atoms with E-state index in [1.807, 2.05) is 18.3 Å². The highest BCUT2D eigenvalue weighted by Crippen LogP contribution is 2.28. The molecule has 5 rings (SSSR count). The van der Waals surface area contributed by atoms with Crippen LogP contribution in [0.5, 0.6) is 0 Å². The minimum absolute atomic E-state index is 0.238. The number of hydrogen-bond donors (Lipinski definition) is 1. The lowest BCUT2D eigenvalue weighted by Gasteiger charge is -2.40. The van der Waals surface area contributed by atoms with Gasteiger partial charge in [-0.05, 0) is 43.2 Å². The van der Waals surface area contributed by atoms with Crippen LogP contribution in [0.2, 0.25) is 0 Å². The highest BCUT2D eigenvalue weighted by Gasteiger charge is 2.26. The van der Waals surface area contributed by atoms with Gasteiger partial charge in [-0.25, -0.2) is 4.39 Å². The topological polar surface area (TPSA) is 49.2 Å². The van der Waals surface area contributed by atoms with E-state index in [-0.39, 0.29) is 5.82 Å². The van der Waals surface area contributed by atoms with E-state index < -0.39 is 0 Å². The molecule has 0 radical (unpaired) electrons. The minimum atomic E-state index is -0.238. The Morgan fingerprint density at radius 1 is 0.968 bits per heavy atom. The van der Waals surface area contributed by atoms with E-state index >= 15 is 0 Å². The molecule has 0 bridgehead atoms. The smallest absolute Gasteiger partial charge is 0.218 e. The van der Waals surface area contributed by atoms with Crippen LogP contribution in [0.15, 0.2) is 42.6 Å². The summed E-state index contributed by atoms with van der Waals surface area (Å²) in [5.41, 5.74) is 1.83. The summed E-state index contributed by atoms with van der Waals surface area (Å²) in [6.07, 6.45) is 8.92. The fourth-order valence-corrected chi connectivity index (χ4v) is 5.61. The van der Waals surface area contributed by atoms with Crippen LogP contribution < -0.4 is 10.2 Å². The molecule has 0 atom stereocenters. The predicted molar refractivity (Wildman–Crippen MR) is 124 cm³/mol. The molecule has 1 saturated carbocycles. The second-order valence-corrected chi connectivity index (χ2v) is 9.35. The van der Waals surface area contributed by atoms with Crippen LogP contribution in [0, 0.1) is 5.82 Å². The Morgan fingerprint density at radius 3 is 2.58 bits per heavy atom. The molecule has 31 heavy (non-hydrogen) atoms. The average Bonchev–Trinajstić information content (AvgIpc) is 3.48. The van der Waals surface area contributed by atoms with Gasteiger partial charge in [0.05, 0.1) is 6.54 Å². The van der Waals surface area contributed by atoms with Crippen molar-refractivity contribution in [1.29, 1.82) is 0 Å². The summed E-state index contributed by atoms with van der Waals surface area (Å²) in [5.74, 6) is -0.238. The van der Waals surface area contributed by atoms with Crippen molar-refractivity contribution >= 4 is 22.2 Å². The number of benzene rings is 1. The molecular formula is C23H29FN6S. The molecule has 0 amide bonds. The number of rotatable bonds is 6. The first kappa shape index (κ1) is 20.5.